The molecule has 0 radical (unpaired) electrons. The monoisotopic (exact) mass is 226 g/mol. The molecule has 1 fully saturated rings. The number of hydrogen-bond donors (Lipinski definition) is 1. The Kier molecular flexibility index (Phi) is 3.24. The number of H-pyrrole nitrogens is 1. The van der Waals surface area contributed by atoms with Gasteiger partial charge in [-0.1, -0.05) is 0 Å². The molecule has 4 nitrogen and oxygen atoms in total. The maximum atomic E-state index is 12.5. The number of halogens is 1. The zero-order chi connectivity index (χ0) is 11.5. The van der Waals surface area contributed by atoms with Gasteiger partial charge in [-0.25, -0.2) is 4.39 Å². The first-order chi connectivity index (χ1) is 7.72. The van der Waals surface area contributed by atoms with Crippen LogP contribution in [0.2, 0.25) is 0 Å². The van der Waals surface area contributed by atoms with E-state index in [9.17, 15) is 9.18 Å². The Balaban J connectivity index is 2.07. The Labute approximate surface area is 93.4 Å². The zero-order valence-electron chi connectivity index (χ0n) is 9.20. The summed E-state index contributed by atoms with van der Waals surface area (Å²) in [5.74, 6) is -0.0794. The highest BCUT2D eigenvalue weighted by atomic mass is 19.1. The first-order valence-electron chi connectivity index (χ1n) is 5.33. The number of amides is 1. The highest BCUT2D eigenvalue weighted by molar-refractivity contribution is 5.93. The average molecular weight is 226 g/mol. The van der Waals surface area contributed by atoms with Crippen LogP contribution >= 0.6 is 0 Å². The van der Waals surface area contributed by atoms with Gasteiger partial charge in [0.25, 0.3) is 5.91 Å². The molecule has 0 aromatic carbocycles. The Morgan fingerprint density at radius 3 is 3.19 bits per heavy atom. The topological polar surface area (TPSA) is 45.3 Å². The fourth-order valence-electron chi connectivity index (χ4n) is 1.83. The summed E-state index contributed by atoms with van der Waals surface area (Å²) in [6.07, 6.45) is 1.25. The fourth-order valence-corrected chi connectivity index (χ4v) is 1.83. The van der Waals surface area contributed by atoms with E-state index in [0.29, 0.717) is 25.4 Å². The van der Waals surface area contributed by atoms with Crippen molar-refractivity contribution in [2.75, 3.05) is 26.4 Å². The Hall–Kier alpha value is -1.36. The van der Waals surface area contributed by atoms with Gasteiger partial charge in [0.15, 0.2) is 0 Å². The van der Waals surface area contributed by atoms with Crippen LogP contribution in [0.3, 0.4) is 0 Å². The summed E-state index contributed by atoms with van der Waals surface area (Å²) in [6.45, 7) is 2.58. The maximum absolute atomic E-state index is 12.5. The second kappa shape index (κ2) is 4.65. The van der Waals surface area contributed by atoms with E-state index in [0.717, 1.165) is 5.56 Å². The van der Waals surface area contributed by atoms with Crippen LogP contribution in [0.4, 0.5) is 4.39 Å². The molecule has 1 unspecified atom stereocenters. The van der Waals surface area contributed by atoms with Crippen molar-refractivity contribution in [3.63, 3.8) is 0 Å². The summed E-state index contributed by atoms with van der Waals surface area (Å²) in [4.78, 5) is 16.6. The quantitative estimate of drug-likeness (QED) is 0.821. The third-order valence-electron chi connectivity index (χ3n) is 2.77. The molecule has 88 valence electrons. The molecule has 0 aliphatic carbocycles. The van der Waals surface area contributed by atoms with Gasteiger partial charge in [-0.15, -0.1) is 0 Å². The number of carbonyl (C=O) groups is 1. The molecule has 2 heterocycles. The molecule has 1 saturated heterocycles. The van der Waals surface area contributed by atoms with Crippen molar-refractivity contribution < 1.29 is 13.9 Å². The Bertz CT molecular complexity index is 378. The second-order valence-corrected chi connectivity index (χ2v) is 3.93. The lowest BCUT2D eigenvalue weighted by atomic mass is 10.2. The molecule has 1 amide bonds. The van der Waals surface area contributed by atoms with Gasteiger partial charge in [0.1, 0.15) is 18.5 Å². The minimum absolute atomic E-state index is 0.0794. The number of nitrogens with zero attached hydrogens (tertiary/aromatic N) is 1. The number of rotatable bonds is 2. The van der Waals surface area contributed by atoms with Crippen LogP contribution in [0.5, 0.6) is 0 Å². The normalized spacial score (nSPS) is 21.1. The van der Waals surface area contributed by atoms with E-state index in [2.05, 4.69) is 4.98 Å². The first kappa shape index (κ1) is 11.1. The zero-order valence-corrected chi connectivity index (χ0v) is 9.20. The largest absolute Gasteiger partial charge is 0.372 e. The number of aromatic amines is 1. The molecule has 0 spiro atoms. The van der Waals surface area contributed by atoms with Crippen molar-refractivity contribution in [2.45, 2.75) is 13.0 Å². The minimum atomic E-state index is -0.548. The van der Waals surface area contributed by atoms with Crippen LogP contribution in [-0.4, -0.2) is 48.3 Å². The molecule has 0 bridgehead atoms. The molecule has 2 rings (SSSR count). The summed E-state index contributed by atoms with van der Waals surface area (Å²) in [5.41, 5.74) is 1.49. The minimum Gasteiger partial charge on any atom is -0.372 e. The van der Waals surface area contributed by atoms with Gasteiger partial charge in [-0.2, -0.15) is 0 Å². The predicted molar refractivity (Wildman–Crippen MR) is 57.1 cm³/mol. The van der Waals surface area contributed by atoms with Crippen LogP contribution < -0.4 is 0 Å². The molecule has 1 N–H and O–H groups in total. The van der Waals surface area contributed by atoms with E-state index < -0.39 is 12.8 Å². The first-order valence-corrected chi connectivity index (χ1v) is 5.33. The molecular weight excluding hydrogens is 211 g/mol. The predicted octanol–water partition coefficient (Wildman–Crippen LogP) is 1.13. The molecule has 1 aliphatic heterocycles. The van der Waals surface area contributed by atoms with Crippen LogP contribution in [0.1, 0.15) is 16.1 Å². The highest BCUT2D eigenvalue weighted by Gasteiger charge is 2.26. The standard InChI is InChI=1S/C11H15FN2O2/c1-8-2-3-13-10(8)11(15)14-4-5-16-9(6-12)7-14/h2-3,9,13H,4-7H2,1H3. The van der Waals surface area contributed by atoms with Gasteiger partial charge in [-0.05, 0) is 18.6 Å². The van der Waals surface area contributed by atoms with Crippen molar-refractivity contribution in [1.82, 2.24) is 9.88 Å². The van der Waals surface area contributed by atoms with Gasteiger partial charge in [-0.3, -0.25) is 4.79 Å². The van der Waals surface area contributed by atoms with E-state index in [1.807, 2.05) is 13.0 Å². The van der Waals surface area contributed by atoms with Crippen molar-refractivity contribution in [1.29, 1.82) is 0 Å². The lowest BCUT2D eigenvalue weighted by molar-refractivity contribution is -0.0312. The fraction of sp³-hybridized carbons (Fsp3) is 0.545. The van der Waals surface area contributed by atoms with E-state index in [4.69, 9.17) is 4.74 Å². The van der Waals surface area contributed by atoms with Gasteiger partial charge in [0.05, 0.1) is 6.61 Å². The molecule has 16 heavy (non-hydrogen) atoms. The van der Waals surface area contributed by atoms with Crippen molar-refractivity contribution in [2.24, 2.45) is 0 Å². The number of nitrogens with one attached hydrogen (secondary N) is 1. The van der Waals surface area contributed by atoms with Crippen molar-refractivity contribution >= 4 is 5.91 Å². The second-order valence-electron chi connectivity index (χ2n) is 3.93. The van der Waals surface area contributed by atoms with Crippen molar-refractivity contribution in [3.8, 4) is 0 Å². The van der Waals surface area contributed by atoms with Gasteiger partial charge < -0.3 is 14.6 Å². The highest BCUT2D eigenvalue weighted by Crippen LogP contribution is 2.12. The summed E-state index contributed by atoms with van der Waals surface area (Å²) in [7, 11) is 0. The third-order valence-corrected chi connectivity index (χ3v) is 2.77. The summed E-state index contributed by atoms with van der Waals surface area (Å²) < 4.78 is 17.6. The maximum Gasteiger partial charge on any atom is 0.270 e. The van der Waals surface area contributed by atoms with Gasteiger partial charge in [0.2, 0.25) is 0 Å². The number of ether oxygens (including phenoxy) is 1. The molecule has 0 saturated carbocycles. The van der Waals surface area contributed by atoms with Crippen molar-refractivity contribution in [3.05, 3.63) is 23.5 Å². The number of hydrogen-bond acceptors (Lipinski definition) is 2. The number of morpholine rings is 1. The van der Waals surface area contributed by atoms with Gasteiger partial charge in [0, 0.05) is 19.3 Å². The third kappa shape index (κ3) is 2.09. The number of aryl methyl sites for hydroxylation is 1. The molecule has 5 heteroatoms. The number of alkyl halides is 1. The molecule has 1 atom stereocenters. The molecule has 1 aliphatic rings. The van der Waals surface area contributed by atoms with Crippen LogP contribution in [0.15, 0.2) is 12.3 Å². The summed E-state index contributed by atoms with van der Waals surface area (Å²) in [5, 5.41) is 0. The summed E-state index contributed by atoms with van der Waals surface area (Å²) >= 11 is 0. The SMILES string of the molecule is Cc1cc[nH]c1C(=O)N1CCOC(CF)C1. The van der Waals surface area contributed by atoms with E-state index >= 15 is 0 Å². The number of carbonyl (C=O) groups excluding carboxylic acids is 1. The van der Waals surface area contributed by atoms with Crippen LogP contribution in [-0.2, 0) is 4.74 Å². The Morgan fingerprint density at radius 2 is 2.56 bits per heavy atom. The lowest BCUT2D eigenvalue weighted by Crippen LogP contribution is -2.46. The average Bonchev–Trinajstić information content (AvgIpc) is 2.74. The Morgan fingerprint density at radius 1 is 1.75 bits per heavy atom. The van der Waals surface area contributed by atoms with Gasteiger partial charge >= 0.3 is 0 Å². The number of aromatic nitrogens is 1. The molecule has 1 aromatic heterocycles. The lowest BCUT2D eigenvalue weighted by Gasteiger charge is -2.31. The molecule has 1 aromatic rings. The van der Waals surface area contributed by atoms with Crippen LogP contribution in [0.25, 0.3) is 0 Å². The van der Waals surface area contributed by atoms with Crippen LogP contribution in [0, 0.1) is 6.92 Å². The van der Waals surface area contributed by atoms with E-state index in [-0.39, 0.29) is 5.91 Å². The smallest absolute Gasteiger partial charge is 0.270 e. The molecular formula is C11H15FN2O2. The van der Waals surface area contributed by atoms with E-state index in [1.165, 1.54) is 0 Å². The summed E-state index contributed by atoms with van der Waals surface area (Å²) in [6, 6.07) is 1.85. The van der Waals surface area contributed by atoms with E-state index in [1.54, 1.807) is 11.1 Å².